The molecule has 0 spiro atoms. The fraction of sp³-hybridized carbons (Fsp3) is 0.292. The van der Waals surface area contributed by atoms with E-state index in [0.29, 0.717) is 0 Å². The van der Waals surface area contributed by atoms with Gasteiger partial charge in [0, 0.05) is 16.7 Å². The minimum Gasteiger partial charge on any atom is -0.478 e. The van der Waals surface area contributed by atoms with Gasteiger partial charge >= 0.3 is 29.8 Å². The maximum Gasteiger partial charge on any atom is 0.339 e. The van der Waals surface area contributed by atoms with Crippen molar-refractivity contribution >= 4 is 29.8 Å². The van der Waals surface area contributed by atoms with Gasteiger partial charge in [0.1, 0.15) is 26.4 Å². The summed E-state index contributed by atoms with van der Waals surface area (Å²) < 4.78 is 19.6. The molecule has 0 heterocycles. The molecule has 34 heavy (non-hydrogen) atoms. The van der Waals surface area contributed by atoms with Gasteiger partial charge in [0.05, 0.1) is 11.1 Å². The molecule has 0 saturated heterocycles. The first-order valence-corrected chi connectivity index (χ1v) is 9.85. The molecule has 1 rings (SSSR count). The van der Waals surface area contributed by atoms with Gasteiger partial charge in [-0.3, -0.25) is 0 Å². The van der Waals surface area contributed by atoms with Crippen LogP contribution in [-0.2, 0) is 33.3 Å². The lowest BCUT2D eigenvalue weighted by molar-refractivity contribution is -0.140. The van der Waals surface area contributed by atoms with E-state index >= 15 is 0 Å². The maximum atomic E-state index is 12.2. The average molecular weight is 476 g/mol. The highest BCUT2D eigenvalue weighted by Crippen LogP contribution is 2.12. The zero-order valence-corrected chi connectivity index (χ0v) is 19.4. The van der Waals surface area contributed by atoms with E-state index in [9.17, 15) is 24.0 Å². The molecule has 10 heteroatoms. The Kier molecular flexibility index (Phi) is 13.6. The predicted octanol–water partition coefficient (Wildman–Crippen LogP) is 2.89. The lowest BCUT2D eigenvalue weighted by Crippen LogP contribution is -2.18. The highest BCUT2D eigenvalue weighted by Gasteiger charge is 2.19. The van der Waals surface area contributed by atoms with Gasteiger partial charge in [-0.05, 0) is 32.9 Å². The van der Waals surface area contributed by atoms with E-state index in [1.54, 1.807) is 12.1 Å². The minimum absolute atomic E-state index is 0.00217. The number of ether oxygens (including phenoxy) is 4. The van der Waals surface area contributed by atoms with Crippen LogP contribution in [0.2, 0.25) is 0 Å². The van der Waals surface area contributed by atoms with Gasteiger partial charge in [-0.15, -0.1) is 0 Å². The van der Waals surface area contributed by atoms with Gasteiger partial charge in [0.2, 0.25) is 0 Å². The van der Waals surface area contributed by atoms with Crippen LogP contribution in [0.25, 0.3) is 0 Å². The van der Waals surface area contributed by atoms with Crippen molar-refractivity contribution in [2.45, 2.75) is 20.8 Å². The Morgan fingerprint density at radius 2 is 0.941 bits per heavy atom. The molecule has 0 atom stereocenters. The van der Waals surface area contributed by atoms with Gasteiger partial charge in [0.15, 0.2) is 0 Å². The quantitative estimate of drug-likeness (QED) is 0.219. The van der Waals surface area contributed by atoms with Crippen LogP contribution in [0.5, 0.6) is 0 Å². The third-order valence-corrected chi connectivity index (χ3v) is 3.53. The summed E-state index contributed by atoms with van der Waals surface area (Å²) in [6.07, 6.45) is 0. The summed E-state index contributed by atoms with van der Waals surface area (Å²) in [5, 5.41) is 7.89. The predicted molar refractivity (Wildman–Crippen MR) is 121 cm³/mol. The van der Waals surface area contributed by atoms with Crippen LogP contribution in [0.1, 0.15) is 41.5 Å². The van der Waals surface area contributed by atoms with Crippen molar-refractivity contribution in [2.24, 2.45) is 0 Å². The lowest BCUT2D eigenvalue weighted by Gasteiger charge is -2.10. The van der Waals surface area contributed by atoms with Crippen molar-refractivity contribution in [1.29, 1.82) is 0 Å². The first-order chi connectivity index (χ1) is 15.9. The maximum absolute atomic E-state index is 12.2. The Balaban J connectivity index is 0.00000160. The molecule has 0 fully saturated rings. The summed E-state index contributed by atoms with van der Waals surface area (Å²) in [5.41, 5.74) is 0.631. The van der Waals surface area contributed by atoms with Gasteiger partial charge in [-0.1, -0.05) is 31.9 Å². The topological polar surface area (TPSA) is 142 Å². The standard InChI is InChI=1S/C20H22O8.C4H6O2/c1-13(2)17(21)25-9-11-27-19(23)15-7-5-6-8-16(15)20(24)28-12-10-26-18(22)14(3)4;1-3(2)4(5)6/h5-8H,1,3,9-12H2,2,4H3;1H2,2H3,(H,5,6). The monoisotopic (exact) mass is 476 g/mol. The number of hydrogen-bond acceptors (Lipinski definition) is 9. The number of benzene rings is 1. The molecule has 0 amide bonds. The van der Waals surface area contributed by atoms with Gasteiger partial charge in [0.25, 0.3) is 0 Å². The minimum atomic E-state index is -0.935. The smallest absolute Gasteiger partial charge is 0.339 e. The third-order valence-electron chi connectivity index (χ3n) is 3.53. The molecule has 10 nitrogen and oxygen atoms in total. The first kappa shape index (κ1) is 29.8. The molecular formula is C24H28O10. The molecule has 0 saturated carbocycles. The van der Waals surface area contributed by atoms with Crippen LogP contribution >= 0.6 is 0 Å². The van der Waals surface area contributed by atoms with Crippen molar-refractivity contribution < 1.29 is 48.0 Å². The van der Waals surface area contributed by atoms with Gasteiger partial charge in [-0.25, -0.2) is 24.0 Å². The Labute approximate surface area is 197 Å². The fourth-order valence-electron chi connectivity index (χ4n) is 1.78. The zero-order chi connectivity index (χ0) is 26.3. The van der Waals surface area contributed by atoms with Crippen molar-refractivity contribution in [2.75, 3.05) is 26.4 Å². The fourth-order valence-corrected chi connectivity index (χ4v) is 1.78. The van der Waals surface area contributed by atoms with Crippen molar-refractivity contribution in [1.82, 2.24) is 0 Å². The summed E-state index contributed by atoms with van der Waals surface area (Å²) in [4.78, 5) is 56.4. The summed E-state index contributed by atoms with van der Waals surface area (Å²) in [7, 11) is 0. The Hall–Kier alpha value is -4.21. The molecule has 1 aromatic rings. The van der Waals surface area contributed by atoms with Crippen LogP contribution in [0.4, 0.5) is 0 Å². The zero-order valence-electron chi connectivity index (χ0n) is 19.4. The number of carbonyl (C=O) groups is 5. The SMILES string of the molecule is C=C(C)C(=O)O.C=C(C)C(=O)OCCOC(=O)c1ccccc1C(=O)OCCOC(=O)C(=C)C. The van der Waals surface area contributed by atoms with E-state index in [0.717, 1.165) is 0 Å². The Morgan fingerprint density at radius 1 is 0.647 bits per heavy atom. The van der Waals surface area contributed by atoms with E-state index in [2.05, 4.69) is 19.7 Å². The number of carbonyl (C=O) groups excluding carboxylic acids is 4. The molecule has 1 N–H and O–H groups in total. The second-order valence-electron chi connectivity index (χ2n) is 6.74. The van der Waals surface area contributed by atoms with Gasteiger partial charge in [-0.2, -0.15) is 0 Å². The van der Waals surface area contributed by atoms with Crippen LogP contribution in [0, 0.1) is 0 Å². The molecule has 0 aromatic heterocycles. The number of carboxylic acids is 1. The van der Waals surface area contributed by atoms with E-state index in [1.807, 2.05) is 0 Å². The van der Waals surface area contributed by atoms with Crippen molar-refractivity contribution in [3.05, 3.63) is 71.8 Å². The van der Waals surface area contributed by atoms with Crippen LogP contribution < -0.4 is 0 Å². The van der Waals surface area contributed by atoms with Crippen molar-refractivity contribution in [3.63, 3.8) is 0 Å². The largest absolute Gasteiger partial charge is 0.478 e. The second kappa shape index (κ2) is 15.6. The van der Waals surface area contributed by atoms with E-state index in [4.69, 9.17) is 24.1 Å². The summed E-state index contributed by atoms with van der Waals surface area (Å²) in [6, 6.07) is 5.92. The molecule has 0 aliphatic heterocycles. The van der Waals surface area contributed by atoms with Crippen LogP contribution in [0.15, 0.2) is 60.7 Å². The van der Waals surface area contributed by atoms with E-state index < -0.39 is 29.8 Å². The van der Waals surface area contributed by atoms with Crippen LogP contribution in [-0.4, -0.2) is 61.4 Å². The normalized spacial score (nSPS) is 9.38. The summed E-state index contributed by atoms with van der Waals surface area (Å²) in [6.45, 7) is 13.8. The second-order valence-corrected chi connectivity index (χ2v) is 6.74. The van der Waals surface area contributed by atoms with E-state index in [-0.39, 0.29) is 54.3 Å². The number of esters is 4. The average Bonchev–Trinajstić information content (AvgIpc) is 2.78. The Morgan fingerprint density at radius 3 is 1.21 bits per heavy atom. The first-order valence-electron chi connectivity index (χ1n) is 9.85. The summed E-state index contributed by atoms with van der Waals surface area (Å²) >= 11 is 0. The number of rotatable bonds is 11. The van der Waals surface area contributed by atoms with Gasteiger partial charge < -0.3 is 24.1 Å². The molecule has 0 bridgehead atoms. The third kappa shape index (κ3) is 12.0. The lowest BCUT2D eigenvalue weighted by atomic mass is 10.1. The molecule has 0 radical (unpaired) electrons. The molecule has 0 aliphatic rings. The van der Waals surface area contributed by atoms with Crippen molar-refractivity contribution in [3.8, 4) is 0 Å². The molecular weight excluding hydrogens is 448 g/mol. The Bertz CT molecular complexity index is 881. The molecule has 184 valence electrons. The number of aliphatic carboxylic acids is 1. The highest BCUT2D eigenvalue weighted by molar-refractivity contribution is 6.03. The van der Waals surface area contributed by atoms with E-state index in [1.165, 1.54) is 32.9 Å². The number of hydrogen-bond donors (Lipinski definition) is 1. The summed E-state index contributed by atoms with van der Waals surface area (Å²) in [5.74, 6) is -3.66. The molecule has 0 aliphatic carbocycles. The number of carboxylic acid groups (broad SMARTS) is 1. The molecule has 0 unspecified atom stereocenters. The highest BCUT2D eigenvalue weighted by atomic mass is 16.6. The van der Waals surface area contributed by atoms with Crippen LogP contribution in [0.3, 0.4) is 0 Å². The molecule has 1 aromatic carbocycles.